The lowest BCUT2D eigenvalue weighted by molar-refractivity contribution is 0.103. The van der Waals surface area contributed by atoms with E-state index in [9.17, 15) is 9.18 Å². The molecule has 0 saturated heterocycles. The minimum absolute atomic E-state index is 0.152. The summed E-state index contributed by atoms with van der Waals surface area (Å²) in [4.78, 5) is 20.9. The van der Waals surface area contributed by atoms with Gasteiger partial charge in [-0.15, -0.1) is 0 Å². The number of carbonyl (C=O) groups is 1. The summed E-state index contributed by atoms with van der Waals surface area (Å²) in [5, 5.41) is 2.04. The number of fused-ring (bicyclic) bond motifs is 3. The van der Waals surface area contributed by atoms with Crippen LogP contribution in [-0.2, 0) is 0 Å². The van der Waals surface area contributed by atoms with Crippen LogP contribution in [0.1, 0.15) is 16.1 Å². The van der Waals surface area contributed by atoms with Crippen molar-refractivity contribution < 1.29 is 9.18 Å². The first-order chi connectivity index (χ1) is 13.7. The second-order valence-electron chi connectivity index (χ2n) is 6.67. The summed E-state index contributed by atoms with van der Waals surface area (Å²) in [6.45, 7) is 0. The van der Waals surface area contributed by atoms with Crippen LogP contribution in [-0.4, -0.2) is 15.8 Å². The number of hydrogen-bond donors (Lipinski definition) is 1. The summed E-state index contributed by atoms with van der Waals surface area (Å²) >= 11 is 0. The molecule has 0 aliphatic heterocycles. The molecule has 0 amide bonds. The lowest BCUT2D eigenvalue weighted by Crippen LogP contribution is -2.05. The highest BCUT2D eigenvalue weighted by molar-refractivity contribution is 6.19. The Morgan fingerprint density at radius 1 is 0.821 bits per heavy atom. The molecule has 3 nitrogen and oxygen atoms in total. The molecule has 4 heteroatoms. The maximum atomic E-state index is 13.2. The number of carbonyl (C=O) groups excluding carboxylic acids is 1. The van der Waals surface area contributed by atoms with Crippen molar-refractivity contribution >= 4 is 27.6 Å². The lowest BCUT2D eigenvalue weighted by Gasteiger charge is -2.06. The van der Waals surface area contributed by atoms with Gasteiger partial charge in [-0.05, 0) is 41.5 Å². The van der Waals surface area contributed by atoms with Crippen molar-refractivity contribution in [2.45, 2.75) is 0 Å². The average molecular weight is 366 g/mol. The normalized spacial score (nSPS) is 11.2. The maximum Gasteiger partial charge on any atom is 0.213 e. The molecular formula is C24H15FN2O. The molecule has 5 rings (SSSR count). The first kappa shape index (κ1) is 16.4. The van der Waals surface area contributed by atoms with Crippen LogP contribution in [0.15, 0.2) is 85.1 Å². The van der Waals surface area contributed by atoms with Gasteiger partial charge in [-0.3, -0.25) is 9.78 Å². The van der Waals surface area contributed by atoms with E-state index in [1.165, 1.54) is 12.1 Å². The number of hydrogen-bond acceptors (Lipinski definition) is 2. The van der Waals surface area contributed by atoms with Gasteiger partial charge in [0, 0.05) is 28.0 Å². The predicted octanol–water partition coefficient (Wildman–Crippen LogP) is 5.75. The van der Waals surface area contributed by atoms with Crippen molar-refractivity contribution in [2.75, 3.05) is 0 Å². The van der Waals surface area contributed by atoms with E-state index < -0.39 is 0 Å². The molecule has 0 unspecified atom stereocenters. The number of aromatic amines is 1. The van der Waals surface area contributed by atoms with Crippen molar-refractivity contribution in [3.05, 3.63) is 102 Å². The Kier molecular flexibility index (Phi) is 3.76. The van der Waals surface area contributed by atoms with Crippen molar-refractivity contribution in [3.63, 3.8) is 0 Å². The summed E-state index contributed by atoms with van der Waals surface area (Å²) in [6, 6.07) is 23.4. The van der Waals surface area contributed by atoms with Crippen LogP contribution in [0.25, 0.3) is 32.9 Å². The number of pyridine rings is 1. The molecule has 2 aromatic heterocycles. The zero-order chi connectivity index (χ0) is 19.1. The topological polar surface area (TPSA) is 45.8 Å². The van der Waals surface area contributed by atoms with Crippen molar-refractivity contribution in [2.24, 2.45) is 0 Å². The number of aromatic nitrogens is 2. The number of halogens is 1. The van der Waals surface area contributed by atoms with Crippen LogP contribution in [0.5, 0.6) is 0 Å². The highest BCUT2D eigenvalue weighted by atomic mass is 19.1. The number of para-hydroxylation sites is 1. The third-order valence-corrected chi connectivity index (χ3v) is 4.95. The Bertz CT molecular complexity index is 1340. The number of benzene rings is 3. The molecule has 0 atom stereocenters. The van der Waals surface area contributed by atoms with E-state index in [4.69, 9.17) is 0 Å². The quantitative estimate of drug-likeness (QED) is 0.413. The van der Waals surface area contributed by atoms with Crippen molar-refractivity contribution in [1.82, 2.24) is 9.97 Å². The van der Waals surface area contributed by atoms with Crippen LogP contribution in [0.4, 0.5) is 4.39 Å². The van der Waals surface area contributed by atoms with E-state index in [1.54, 1.807) is 24.4 Å². The van der Waals surface area contributed by atoms with E-state index in [0.717, 1.165) is 32.9 Å². The smallest absolute Gasteiger partial charge is 0.213 e. The molecule has 134 valence electrons. The molecule has 0 radical (unpaired) electrons. The lowest BCUT2D eigenvalue weighted by atomic mass is 9.99. The Morgan fingerprint density at radius 2 is 1.64 bits per heavy atom. The van der Waals surface area contributed by atoms with Gasteiger partial charge in [0.1, 0.15) is 11.5 Å². The first-order valence-corrected chi connectivity index (χ1v) is 8.97. The fourth-order valence-corrected chi connectivity index (χ4v) is 3.57. The van der Waals surface area contributed by atoms with Gasteiger partial charge in [-0.2, -0.15) is 0 Å². The molecule has 0 spiro atoms. The van der Waals surface area contributed by atoms with E-state index in [2.05, 4.69) is 9.97 Å². The largest absolute Gasteiger partial charge is 0.353 e. The molecule has 3 aromatic carbocycles. The van der Waals surface area contributed by atoms with E-state index in [1.807, 2.05) is 48.5 Å². The van der Waals surface area contributed by atoms with Gasteiger partial charge in [0.25, 0.3) is 0 Å². The molecular weight excluding hydrogens is 351 g/mol. The summed E-state index contributed by atoms with van der Waals surface area (Å²) in [6.07, 6.45) is 1.67. The highest BCUT2D eigenvalue weighted by Gasteiger charge is 2.17. The van der Waals surface area contributed by atoms with Crippen molar-refractivity contribution in [3.8, 4) is 11.1 Å². The third-order valence-electron chi connectivity index (χ3n) is 4.95. The van der Waals surface area contributed by atoms with Crippen LogP contribution in [0.3, 0.4) is 0 Å². The standard InChI is InChI=1S/C24H15FN2O/c25-18-10-8-15(9-11-18)16-4-3-5-17(14-16)24(28)23-22-20(12-13-26-23)19-6-1-2-7-21(19)27-22/h1-14,27H. The minimum atomic E-state index is -0.286. The SMILES string of the molecule is O=C(c1cccc(-c2ccc(F)cc2)c1)c1nccc2c1[nH]c1ccccc12. The predicted molar refractivity (Wildman–Crippen MR) is 109 cm³/mol. The Hall–Kier alpha value is -3.79. The number of H-pyrrole nitrogens is 1. The van der Waals surface area contributed by atoms with Gasteiger partial charge in [-0.25, -0.2) is 4.39 Å². The molecule has 1 N–H and O–H groups in total. The molecule has 2 heterocycles. The van der Waals surface area contributed by atoms with E-state index in [0.29, 0.717) is 11.3 Å². The highest BCUT2D eigenvalue weighted by Crippen LogP contribution is 2.28. The number of nitrogens with zero attached hydrogens (tertiary/aromatic N) is 1. The Balaban J connectivity index is 1.62. The van der Waals surface area contributed by atoms with Gasteiger partial charge in [0.05, 0.1) is 5.52 Å². The Morgan fingerprint density at radius 3 is 2.50 bits per heavy atom. The molecule has 0 bridgehead atoms. The molecule has 0 aliphatic carbocycles. The molecule has 0 fully saturated rings. The van der Waals surface area contributed by atoms with E-state index in [-0.39, 0.29) is 11.6 Å². The second-order valence-corrected chi connectivity index (χ2v) is 6.67. The zero-order valence-corrected chi connectivity index (χ0v) is 14.8. The van der Waals surface area contributed by atoms with Crippen molar-refractivity contribution in [1.29, 1.82) is 0 Å². The van der Waals surface area contributed by atoms with Gasteiger partial charge in [0.15, 0.2) is 0 Å². The third kappa shape index (κ3) is 2.67. The average Bonchev–Trinajstić information content (AvgIpc) is 3.13. The number of ketones is 1. The first-order valence-electron chi connectivity index (χ1n) is 8.97. The van der Waals surface area contributed by atoms with Gasteiger partial charge < -0.3 is 4.98 Å². The molecule has 28 heavy (non-hydrogen) atoms. The summed E-state index contributed by atoms with van der Waals surface area (Å²) in [5.74, 6) is -0.438. The van der Waals surface area contributed by atoms with Crippen LogP contribution in [0.2, 0.25) is 0 Å². The van der Waals surface area contributed by atoms with E-state index >= 15 is 0 Å². The minimum Gasteiger partial charge on any atom is -0.353 e. The fraction of sp³-hybridized carbons (Fsp3) is 0. The van der Waals surface area contributed by atoms with Crippen LogP contribution >= 0.6 is 0 Å². The van der Waals surface area contributed by atoms with Crippen LogP contribution in [0, 0.1) is 5.82 Å². The van der Waals surface area contributed by atoms with Gasteiger partial charge >= 0.3 is 0 Å². The molecule has 0 aliphatic rings. The number of nitrogens with one attached hydrogen (secondary N) is 1. The van der Waals surface area contributed by atoms with Gasteiger partial charge in [0.2, 0.25) is 5.78 Å². The Labute approximate surface area is 160 Å². The second kappa shape index (κ2) is 6.43. The fourth-order valence-electron chi connectivity index (χ4n) is 3.57. The molecule has 5 aromatic rings. The monoisotopic (exact) mass is 366 g/mol. The maximum absolute atomic E-state index is 13.2. The number of rotatable bonds is 3. The van der Waals surface area contributed by atoms with Gasteiger partial charge in [-0.1, -0.05) is 48.5 Å². The summed E-state index contributed by atoms with van der Waals surface area (Å²) < 4.78 is 13.2. The summed E-state index contributed by atoms with van der Waals surface area (Å²) in [7, 11) is 0. The molecule has 0 saturated carbocycles. The van der Waals surface area contributed by atoms with Crippen LogP contribution < -0.4 is 0 Å². The summed E-state index contributed by atoms with van der Waals surface area (Å²) in [5.41, 5.74) is 4.36. The zero-order valence-electron chi connectivity index (χ0n) is 14.8.